The normalized spacial score (nSPS) is 11.3. The summed E-state index contributed by atoms with van der Waals surface area (Å²) in [4.78, 5) is 10.0. The number of aromatic nitrogens is 2. The van der Waals surface area contributed by atoms with Crippen LogP contribution in [0.25, 0.3) is 76.3 Å². The molecule has 0 bridgehead atoms. The second kappa shape index (κ2) is 10.8. The largest absolute Gasteiger partial charge is 0.228 e. The molecular weight excluding hydrogens is 541 g/mol. The van der Waals surface area contributed by atoms with Gasteiger partial charge in [0.15, 0.2) is 5.82 Å². The fraction of sp³-hybridized carbons (Fsp3) is 0. The Balaban J connectivity index is 1.28. The first kappa shape index (κ1) is 25.3. The lowest BCUT2D eigenvalue weighted by molar-refractivity contribution is 1.18. The quantitative estimate of drug-likeness (QED) is 0.207. The zero-order valence-corrected chi connectivity index (χ0v) is 24.1. The number of nitrogens with zero attached hydrogens (tertiary/aromatic N) is 2. The molecule has 8 aromatic rings. The van der Waals surface area contributed by atoms with Crippen molar-refractivity contribution in [1.82, 2.24) is 9.97 Å². The molecule has 2 heterocycles. The van der Waals surface area contributed by atoms with E-state index in [1.807, 2.05) is 47.7 Å². The van der Waals surface area contributed by atoms with Crippen LogP contribution in [0.3, 0.4) is 0 Å². The van der Waals surface area contributed by atoms with Crippen molar-refractivity contribution in [2.24, 2.45) is 0 Å². The molecule has 202 valence electrons. The summed E-state index contributed by atoms with van der Waals surface area (Å²) in [6.45, 7) is 0. The van der Waals surface area contributed by atoms with Crippen molar-refractivity contribution in [3.63, 3.8) is 0 Å². The number of benzene rings is 6. The van der Waals surface area contributed by atoms with Crippen molar-refractivity contribution in [2.45, 2.75) is 0 Å². The molecule has 0 aliphatic heterocycles. The van der Waals surface area contributed by atoms with Gasteiger partial charge in [0.1, 0.15) is 0 Å². The molecule has 0 fully saturated rings. The summed E-state index contributed by atoms with van der Waals surface area (Å²) in [6, 6.07) is 55.5. The van der Waals surface area contributed by atoms with Crippen LogP contribution in [0.15, 0.2) is 158 Å². The van der Waals surface area contributed by atoms with Crippen LogP contribution in [0, 0.1) is 0 Å². The second-order valence-electron chi connectivity index (χ2n) is 10.6. The SMILES string of the molecule is c1ccc(-c2cc(-c3cccc(-c4ccccc4-c4cccc5c4sc4ccccc45)c3)nc(-c3ccccc3)n2)cc1. The summed E-state index contributed by atoms with van der Waals surface area (Å²) in [5, 5.41) is 2.63. The summed E-state index contributed by atoms with van der Waals surface area (Å²) >= 11 is 1.87. The van der Waals surface area contributed by atoms with E-state index in [1.165, 1.54) is 36.9 Å². The third kappa shape index (κ3) is 4.70. The van der Waals surface area contributed by atoms with Gasteiger partial charge in [-0.2, -0.15) is 0 Å². The smallest absolute Gasteiger partial charge is 0.160 e. The van der Waals surface area contributed by atoms with Gasteiger partial charge in [0, 0.05) is 42.4 Å². The Kier molecular flexibility index (Phi) is 6.36. The third-order valence-corrected chi connectivity index (χ3v) is 9.14. The van der Waals surface area contributed by atoms with Crippen LogP contribution in [0.2, 0.25) is 0 Å². The fourth-order valence-electron chi connectivity index (χ4n) is 5.84. The Morgan fingerprint density at radius 3 is 1.74 bits per heavy atom. The molecule has 0 amide bonds. The van der Waals surface area contributed by atoms with Gasteiger partial charge in [0.2, 0.25) is 0 Å². The molecule has 6 aromatic carbocycles. The third-order valence-electron chi connectivity index (χ3n) is 7.92. The van der Waals surface area contributed by atoms with E-state index in [4.69, 9.17) is 9.97 Å². The molecule has 0 saturated carbocycles. The van der Waals surface area contributed by atoms with E-state index < -0.39 is 0 Å². The predicted molar refractivity (Wildman–Crippen MR) is 182 cm³/mol. The monoisotopic (exact) mass is 566 g/mol. The minimum atomic E-state index is 0.721. The van der Waals surface area contributed by atoms with Gasteiger partial charge < -0.3 is 0 Å². The van der Waals surface area contributed by atoms with Crippen LogP contribution in [0.4, 0.5) is 0 Å². The molecule has 2 aromatic heterocycles. The van der Waals surface area contributed by atoms with E-state index >= 15 is 0 Å². The number of thiophene rings is 1. The summed E-state index contributed by atoms with van der Waals surface area (Å²) in [5.41, 5.74) is 9.80. The van der Waals surface area contributed by atoms with E-state index in [9.17, 15) is 0 Å². The number of fused-ring (bicyclic) bond motifs is 3. The van der Waals surface area contributed by atoms with Crippen molar-refractivity contribution >= 4 is 31.5 Å². The molecule has 0 unspecified atom stereocenters. The zero-order valence-electron chi connectivity index (χ0n) is 23.3. The molecule has 8 rings (SSSR count). The average molecular weight is 567 g/mol. The van der Waals surface area contributed by atoms with Gasteiger partial charge >= 0.3 is 0 Å². The number of hydrogen-bond acceptors (Lipinski definition) is 3. The van der Waals surface area contributed by atoms with Crippen molar-refractivity contribution < 1.29 is 0 Å². The first-order valence-electron chi connectivity index (χ1n) is 14.4. The molecule has 0 atom stereocenters. The maximum Gasteiger partial charge on any atom is 0.160 e. The highest BCUT2D eigenvalue weighted by molar-refractivity contribution is 7.26. The van der Waals surface area contributed by atoms with Crippen molar-refractivity contribution in [2.75, 3.05) is 0 Å². The first-order chi connectivity index (χ1) is 21.3. The van der Waals surface area contributed by atoms with Gasteiger partial charge in [-0.15, -0.1) is 11.3 Å². The van der Waals surface area contributed by atoms with Gasteiger partial charge in [0.05, 0.1) is 11.4 Å². The molecule has 3 heteroatoms. The van der Waals surface area contributed by atoms with Crippen molar-refractivity contribution in [3.05, 3.63) is 158 Å². The zero-order chi connectivity index (χ0) is 28.6. The van der Waals surface area contributed by atoms with Gasteiger partial charge in [-0.05, 0) is 34.9 Å². The summed E-state index contributed by atoms with van der Waals surface area (Å²) in [6.07, 6.45) is 0. The van der Waals surface area contributed by atoms with Crippen LogP contribution in [-0.4, -0.2) is 9.97 Å². The summed E-state index contributed by atoms with van der Waals surface area (Å²) in [7, 11) is 0. The maximum atomic E-state index is 5.07. The Labute approximate surface area is 254 Å². The topological polar surface area (TPSA) is 25.8 Å². The lowest BCUT2D eigenvalue weighted by Gasteiger charge is -2.13. The van der Waals surface area contributed by atoms with E-state index in [0.29, 0.717) is 0 Å². The lowest BCUT2D eigenvalue weighted by Crippen LogP contribution is -1.96. The lowest BCUT2D eigenvalue weighted by atomic mass is 9.92. The van der Waals surface area contributed by atoms with E-state index in [1.54, 1.807) is 0 Å². The highest BCUT2D eigenvalue weighted by Gasteiger charge is 2.15. The molecule has 43 heavy (non-hydrogen) atoms. The molecule has 0 radical (unpaired) electrons. The first-order valence-corrected chi connectivity index (χ1v) is 15.2. The fourth-order valence-corrected chi connectivity index (χ4v) is 7.07. The molecular formula is C40H26N2S. The predicted octanol–water partition coefficient (Wildman–Crippen LogP) is 11.2. The van der Waals surface area contributed by atoms with Crippen LogP contribution < -0.4 is 0 Å². The minimum Gasteiger partial charge on any atom is -0.228 e. The van der Waals surface area contributed by atoms with Crippen LogP contribution in [0.5, 0.6) is 0 Å². The Morgan fingerprint density at radius 1 is 0.372 bits per heavy atom. The van der Waals surface area contributed by atoms with Gasteiger partial charge in [0.25, 0.3) is 0 Å². The Morgan fingerprint density at radius 2 is 0.930 bits per heavy atom. The van der Waals surface area contributed by atoms with Crippen molar-refractivity contribution in [1.29, 1.82) is 0 Å². The van der Waals surface area contributed by atoms with Crippen LogP contribution in [0.1, 0.15) is 0 Å². The van der Waals surface area contributed by atoms with E-state index in [-0.39, 0.29) is 0 Å². The molecule has 2 nitrogen and oxygen atoms in total. The molecule has 0 aliphatic rings. The molecule has 0 N–H and O–H groups in total. The summed E-state index contributed by atoms with van der Waals surface area (Å²) < 4.78 is 2.64. The average Bonchev–Trinajstić information content (AvgIpc) is 3.48. The van der Waals surface area contributed by atoms with Gasteiger partial charge in [-0.3, -0.25) is 0 Å². The molecule has 0 spiro atoms. The highest BCUT2D eigenvalue weighted by Crippen LogP contribution is 2.43. The number of hydrogen-bond donors (Lipinski definition) is 0. The highest BCUT2D eigenvalue weighted by atomic mass is 32.1. The summed E-state index contributed by atoms with van der Waals surface area (Å²) in [5.74, 6) is 0.721. The Bertz CT molecular complexity index is 2180. The Hall–Kier alpha value is -5.38. The standard InChI is InChI=1S/C40H26N2S/c1-3-13-27(14-4-1)36-26-37(42-40(41-36)28-15-5-2-6-16-28)30-18-11-17-29(25-30)31-19-7-8-20-32(31)34-22-12-23-35-33-21-9-10-24-38(33)43-39(34)35/h1-26H. The number of rotatable bonds is 5. The minimum absolute atomic E-state index is 0.721. The van der Waals surface area contributed by atoms with Gasteiger partial charge in [-0.1, -0.05) is 140 Å². The van der Waals surface area contributed by atoms with E-state index in [2.05, 4.69) is 121 Å². The van der Waals surface area contributed by atoms with E-state index in [0.717, 1.165) is 39.5 Å². The molecule has 0 aliphatic carbocycles. The molecule has 0 saturated heterocycles. The van der Waals surface area contributed by atoms with Crippen LogP contribution in [-0.2, 0) is 0 Å². The van der Waals surface area contributed by atoms with Crippen molar-refractivity contribution in [3.8, 4) is 56.2 Å². The van der Waals surface area contributed by atoms with Crippen LogP contribution >= 0.6 is 11.3 Å². The maximum absolute atomic E-state index is 5.07. The second-order valence-corrected chi connectivity index (χ2v) is 11.7. The van der Waals surface area contributed by atoms with Gasteiger partial charge in [-0.25, -0.2) is 9.97 Å².